The fourth-order valence-corrected chi connectivity index (χ4v) is 4.98. The first-order chi connectivity index (χ1) is 8.88. The predicted octanol–water partition coefficient (Wildman–Crippen LogP) is 3.61. The van der Waals surface area contributed by atoms with Gasteiger partial charge in [-0.05, 0) is 72.2 Å². The fourth-order valence-electron chi connectivity index (χ4n) is 2.48. The number of aryl methyl sites for hydroxylation is 1. The third-order valence-electron chi connectivity index (χ3n) is 3.71. The lowest BCUT2D eigenvalue weighted by Gasteiger charge is -2.26. The van der Waals surface area contributed by atoms with Crippen LogP contribution in [0.5, 0.6) is 0 Å². The van der Waals surface area contributed by atoms with E-state index in [1.165, 1.54) is 0 Å². The molecule has 19 heavy (non-hydrogen) atoms. The van der Waals surface area contributed by atoms with Crippen molar-refractivity contribution in [1.29, 1.82) is 0 Å². The number of hydrogen-bond acceptors (Lipinski definition) is 2. The molecule has 1 aromatic carbocycles. The molecular formula is C14H20BrNO2S. The molecule has 2 rings (SSSR count). The van der Waals surface area contributed by atoms with Gasteiger partial charge in [0.15, 0.2) is 0 Å². The van der Waals surface area contributed by atoms with Crippen molar-refractivity contribution >= 4 is 26.0 Å². The number of rotatable bonds is 3. The fraction of sp³-hybridized carbons (Fsp3) is 0.571. The third-order valence-corrected chi connectivity index (χ3v) is 6.21. The summed E-state index contributed by atoms with van der Waals surface area (Å²) >= 11 is 3.34. The molecule has 5 heteroatoms. The summed E-state index contributed by atoms with van der Waals surface area (Å²) in [5.74, 6) is 0.715. The standard InChI is InChI=1S/C14H20BrNO2S/c1-10-3-6-12(7-4-10)16-19(17,18)14-8-5-11(2)9-13(14)15/h5,8-10,12,16H,3-4,6-7H2,1-2H3. The Morgan fingerprint density at radius 1 is 1.21 bits per heavy atom. The van der Waals surface area contributed by atoms with E-state index in [-0.39, 0.29) is 6.04 Å². The van der Waals surface area contributed by atoms with E-state index in [0.29, 0.717) is 15.3 Å². The molecule has 0 aromatic heterocycles. The Kier molecular flexibility index (Phi) is 4.69. The van der Waals surface area contributed by atoms with Crippen LogP contribution in [-0.2, 0) is 10.0 Å². The van der Waals surface area contributed by atoms with Crippen molar-refractivity contribution in [3.05, 3.63) is 28.2 Å². The second kappa shape index (κ2) is 5.94. The van der Waals surface area contributed by atoms with Gasteiger partial charge in [-0.3, -0.25) is 0 Å². The van der Waals surface area contributed by atoms with Crippen LogP contribution in [0.3, 0.4) is 0 Å². The monoisotopic (exact) mass is 345 g/mol. The quantitative estimate of drug-likeness (QED) is 0.909. The molecular weight excluding hydrogens is 326 g/mol. The Labute approximate surface area is 124 Å². The van der Waals surface area contributed by atoms with Gasteiger partial charge in [0.1, 0.15) is 0 Å². The summed E-state index contributed by atoms with van der Waals surface area (Å²) in [4.78, 5) is 0.330. The SMILES string of the molecule is Cc1ccc(S(=O)(=O)NC2CCC(C)CC2)c(Br)c1. The molecule has 0 spiro atoms. The van der Waals surface area contributed by atoms with Gasteiger partial charge in [0, 0.05) is 10.5 Å². The van der Waals surface area contributed by atoms with Crippen molar-refractivity contribution in [3.8, 4) is 0 Å². The lowest BCUT2D eigenvalue weighted by molar-refractivity contribution is 0.332. The van der Waals surface area contributed by atoms with Crippen molar-refractivity contribution in [2.45, 2.75) is 50.5 Å². The van der Waals surface area contributed by atoms with Crippen LogP contribution in [0, 0.1) is 12.8 Å². The maximum atomic E-state index is 12.4. The van der Waals surface area contributed by atoms with E-state index in [2.05, 4.69) is 27.6 Å². The van der Waals surface area contributed by atoms with Crippen LogP contribution in [0.15, 0.2) is 27.6 Å². The Hall–Kier alpha value is -0.390. The van der Waals surface area contributed by atoms with Crippen LogP contribution in [-0.4, -0.2) is 14.5 Å². The van der Waals surface area contributed by atoms with Crippen LogP contribution in [0.25, 0.3) is 0 Å². The zero-order valence-electron chi connectivity index (χ0n) is 11.3. The van der Waals surface area contributed by atoms with Gasteiger partial charge in [-0.15, -0.1) is 0 Å². The second-order valence-corrected chi connectivity index (χ2v) is 8.05. The number of hydrogen-bond donors (Lipinski definition) is 1. The third kappa shape index (κ3) is 3.80. The Balaban J connectivity index is 2.14. The van der Waals surface area contributed by atoms with Crippen molar-refractivity contribution in [3.63, 3.8) is 0 Å². The van der Waals surface area contributed by atoms with Gasteiger partial charge in [0.05, 0.1) is 4.90 Å². The van der Waals surface area contributed by atoms with Gasteiger partial charge >= 0.3 is 0 Å². The van der Waals surface area contributed by atoms with Gasteiger partial charge in [0.2, 0.25) is 10.0 Å². The molecule has 0 bridgehead atoms. The van der Waals surface area contributed by atoms with E-state index in [9.17, 15) is 8.42 Å². The van der Waals surface area contributed by atoms with E-state index in [4.69, 9.17) is 0 Å². The number of nitrogens with one attached hydrogen (secondary N) is 1. The summed E-state index contributed by atoms with van der Waals surface area (Å²) < 4.78 is 28.2. The molecule has 1 aromatic rings. The minimum Gasteiger partial charge on any atom is -0.208 e. The Bertz CT molecular complexity index is 549. The molecule has 1 saturated carbocycles. The lowest BCUT2D eigenvalue weighted by atomic mass is 9.88. The molecule has 0 radical (unpaired) electrons. The summed E-state index contributed by atoms with van der Waals surface area (Å²) in [6.07, 6.45) is 4.07. The lowest BCUT2D eigenvalue weighted by Crippen LogP contribution is -2.37. The maximum Gasteiger partial charge on any atom is 0.241 e. The van der Waals surface area contributed by atoms with Crippen molar-refractivity contribution in [2.75, 3.05) is 0 Å². The summed E-state index contributed by atoms with van der Waals surface area (Å²) in [6, 6.07) is 5.39. The Morgan fingerprint density at radius 2 is 1.84 bits per heavy atom. The zero-order valence-corrected chi connectivity index (χ0v) is 13.7. The highest BCUT2D eigenvalue weighted by Gasteiger charge is 2.25. The molecule has 0 atom stereocenters. The molecule has 0 saturated heterocycles. The highest BCUT2D eigenvalue weighted by atomic mass is 79.9. The highest BCUT2D eigenvalue weighted by molar-refractivity contribution is 9.10. The van der Waals surface area contributed by atoms with Crippen molar-refractivity contribution in [1.82, 2.24) is 4.72 Å². The van der Waals surface area contributed by atoms with Crippen molar-refractivity contribution < 1.29 is 8.42 Å². The van der Waals surface area contributed by atoms with E-state index < -0.39 is 10.0 Å². The van der Waals surface area contributed by atoms with E-state index in [1.807, 2.05) is 19.1 Å². The molecule has 0 unspecified atom stereocenters. The number of benzene rings is 1. The molecule has 106 valence electrons. The minimum atomic E-state index is -3.42. The topological polar surface area (TPSA) is 46.2 Å². The first kappa shape index (κ1) is 15.0. The van der Waals surface area contributed by atoms with Crippen LogP contribution in [0.4, 0.5) is 0 Å². The molecule has 1 aliphatic carbocycles. The van der Waals surface area contributed by atoms with E-state index >= 15 is 0 Å². The predicted molar refractivity (Wildman–Crippen MR) is 80.6 cm³/mol. The van der Waals surface area contributed by atoms with Gasteiger partial charge in [-0.25, -0.2) is 13.1 Å². The Morgan fingerprint density at radius 3 is 2.42 bits per heavy atom. The molecule has 1 aliphatic rings. The molecule has 1 N–H and O–H groups in total. The summed E-state index contributed by atoms with van der Waals surface area (Å²) in [7, 11) is -3.42. The first-order valence-electron chi connectivity index (χ1n) is 6.67. The number of halogens is 1. The first-order valence-corrected chi connectivity index (χ1v) is 8.94. The summed E-state index contributed by atoms with van der Waals surface area (Å²) in [5.41, 5.74) is 1.04. The summed E-state index contributed by atoms with van der Waals surface area (Å²) in [6.45, 7) is 4.17. The molecule has 1 fully saturated rings. The molecule has 0 aliphatic heterocycles. The minimum absolute atomic E-state index is 0.0782. The van der Waals surface area contributed by atoms with Gasteiger partial charge in [-0.2, -0.15) is 0 Å². The second-order valence-electron chi connectivity index (χ2n) is 5.51. The molecule has 3 nitrogen and oxygen atoms in total. The van der Waals surface area contributed by atoms with E-state index in [0.717, 1.165) is 31.2 Å². The zero-order chi connectivity index (χ0) is 14.0. The highest BCUT2D eigenvalue weighted by Crippen LogP contribution is 2.27. The van der Waals surface area contributed by atoms with Crippen LogP contribution < -0.4 is 4.72 Å². The maximum absolute atomic E-state index is 12.4. The average molecular weight is 346 g/mol. The average Bonchev–Trinajstić information content (AvgIpc) is 2.31. The van der Waals surface area contributed by atoms with Gasteiger partial charge in [0.25, 0.3) is 0 Å². The van der Waals surface area contributed by atoms with Crippen LogP contribution in [0.2, 0.25) is 0 Å². The van der Waals surface area contributed by atoms with Gasteiger partial charge in [-0.1, -0.05) is 13.0 Å². The van der Waals surface area contributed by atoms with Crippen molar-refractivity contribution in [2.24, 2.45) is 5.92 Å². The van der Waals surface area contributed by atoms with E-state index in [1.54, 1.807) is 6.07 Å². The van der Waals surface area contributed by atoms with Crippen LogP contribution in [0.1, 0.15) is 38.2 Å². The molecule has 0 amide bonds. The summed E-state index contributed by atoms with van der Waals surface area (Å²) in [5, 5.41) is 0. The molecule has 0 heterocycles. The van der Waals surface area contributed by atoms with Crippen LogP contribution >= 0.6 is 15.9 Å². The normalized spacial score (nSPS) is 24.4. The van der Waals surface area contributed by atoms with Gasteiger partial charge < -0.3 is 0 Å². The number of sulfonamides is 1. The smallest absolute Gasteiger partial charge is 0.208 e. The largest absolute Gasteiger partial charge is 0.241 e.